The normalized spacial score (nSPS) is 13.2. The van der Waals surface area contributed by atoms with Gasteiger partial charge in [0.2, 0.25) is 10.0 Å². The maximum atomic E-state index is 11.7. The van der Waals surface area contributed by atoms with Crippen molar-refractivity contribution < 1.29 is 18.3 Å². The van der Waals surface area contributed by atoms with Crippen LogP contribution in [-0.4, -0.2) is 25.5 Å². The molecule has 0 aliphatic heterocycles. The number of nitrogens with one attached hydrogen (secondary N) is 1. The minimum absolute atomic E-state index is 0.214. The minimum Gasteiger partial charge on any atom is -0.480 e. The molecule has 0 aliphatic carbocycles. The summed E-state index contributed by atoms with van der Waals surface area (Å²) in [6.45, 7) is 3.31. The number of hydrogen-bond acceptors (Lipinski definition) is 3. The Morgan fingerprint density at radius 3 is 2.22 bits per heavy atom. The van der Waals surface area contributed by atoms with Gasteiger partial charge in [-0.05, 0) is 24.5 Å². The second kappa shape index (κ2) is 5.97. The van der Waals surface area contributed by atoms with E-state index in [1.54, 1.807) is 12.1 Å². The summed E-state index contributed by atoms with van der Waals surface area (Å²) in [6.07, 6.45) is 0.890. The highest BCUT2D eigenvalue weighted by Gasteiger charge is 2.19. The summed E-state index contributed by atoms with van der Waals surface area (Å²) in [5.41, 5.74) is 1.76. The minimum atomic E-state index is -3.63. The lowest BCUT2D eigenvalue weighted by Gasteiger charge is -2.10. The van der Waals surface area contributed by atoms with Crippen LogP contribution in [0.5, 0.6) is 0 Å². The van der Waals surface area contributed by atoms with Gasteiger partial charge in [0, 0.05) is 0 Å². The molecule has 0 aliphatic rings. The molecule has 0 bridgehead atoms. The molecule has 1 aromatic carbocycles. The van der Waals surface area contributed by atoms with E-state index < -0.39 is 22.0 Å². The molecule has 100 valence electrons. The van der Waals surface area contributed by atoms with E-state index in [1.165, 1.54) is 6.92 Å². The van der Waals surface area contributed by atoms with Gasteiger partial charge in [-0.1, -0.05) is 31.2 Å². The van der Waals surface area contributed by atoms with E-state index in [9.17, 15) is 13.2 Å². The fraction of sp³-hybridized carbons (Fsp3) is 0.417. The Bertz CT molecular complexity index is 507. The Hall–Kier alpha value is -1.40. The van der Waals surface area contributed by atoms with E-state index in [2.05, 4.69) is 4.72 Å². The van der Waals surface area contributed by atoms with Gasteiger partial charge in [-0.3, -0.25) is 4.79 Å². The molecule has 5 nitrogen and oxygen atoms in total. The molecular formula is C12H17NO4S. The fourth-order valence-corrected chi connectivity index (χ4v) is 2.81. The standard InChI is InChI=1S/C12H17NO4S/c1-3-10-4-6-11(7-5-10)8-18(16,17)13-9(2)12(14)15/h4-7,9,13H,3,8H2,1-2H3,(H,14,15). The molecule has 0 fully saturated rings. The maximum absolute atomic E-state index is 11.7. The first kappa shape index (κ1) is 14.7. The molecule has 0 saturated carbocycles. The zero-order valence-electron chi connectivity index (χ0n) is 10.4. The number of carbonyl (C=O) groups is 1. The van der Waals surface area contributed by atoms with Gasteiger partial charge in [0.25, 0.3) is 0 Å². The molecule has 0 heterocycles. The van der Waals surface area contributed by atoms with Crippen LogP contribution in [0.1, 0.15) is 25.0 Å². The number of hydrogen-bond donors (Lipinski definition) is 2. The van der Waals surface area contributed by atoms with Gasteiger partial charge in [-0.25, -0.2) is 13.1 Å². The van der Waals surface area contributed by atoms with Crippen LogP contribution in [0.15, 0.2) is 24.3 Å². The lowest BCUT2D eigenvalue weighted by molar-refractivity contribution is -0.138. The first-order chi connectivity index (χ1) is 8.34. The van der Waals surface area contributed by atoms with Crippen molar-refractivity contribution in [2.45, 2.75) is 32.1 Å². The van der Waals surface area contributed by atoms with E-state index in [1.807, 2.05) is 19.1 Å². The van der Waals surface area contributed by atoms with Crippen molar-refractivity contribution in [3.63, 3.8) is 0 Å². The van der Waals surface area contributed by atoms with Crippen LogP contribution in [0.3, 0.4) is 0 Å². The predicted octanol–water partition coefficient (Wildman–Crippen LogP) is 1.14. The van der Waals surface area contributed by atoms with Crippen molar-refractivity contribution in [2.24, 2.45) is 0 Å². The molecule has 0 radical (unpaired) electrons. The van der Waals surface area contributed by atoms with E-state index >= 15 is 0 Å². The van der Waals surface area contributed by atoms with Crippen LogP contribution in [0.4, 0.5) is 0 Å². The fourth-order valence-electron chi connectivity index (χ4n) is 1.45. The number of sulfonamides is 1. The quantitative estimate of drug-likeness (QED) is 0.812. The van der Waals surface area contributed by atoms with Crippen LogP contribution in [0.2, 0.25) is 0 Å². The number of benzene rings is 1. The molecule has 0 aromatic heterocycles. The Morgan fingerprint density at radius 2 is 1.78 bits per heavy atom. The first-order valence-corrected chi connectivity index (χ1v) is 7.30. The molecule has 1 rings (SSSR count). The zero-order valence-corrected chi connectivity index (χ0v) is 11.2. The van der Waals surface area contributed by atoms with Gasteiger partial charge < -0.3 is 5.11 Å². The van der Waals surface area contributed by atoms with Crippen LogP contribution in [0.25, 0.3) is 0 Å². The SMILES string of the molecule is CCc1ccc(CS(=O)(=O)NC(C)C(=O)O)cc1. The summed E-state index contributed by atoms with van der Waals surface area (Å²) in [7, 11) is -3.63. The lowest BCUT2D eigenvalue weighted by Crippen LogP contribution is -2.38. The summed E-state index contributed by atoms with van der Waals surface area (Å²) in [5.74, 6) is -1.41. The average molecular weight is 271 g/mol. The first-order valence-electron chi connectivity index (χ1n) is 5.64. The molecule has 0 saturated heterocycles. The smallest absolute Gasteiger partial charge is 0.321 e. The Balaban J connectivity index is 2.73. The summed E-state index contributed by atoms with van der Waals surface area (Å²) >= 11 is 0. The van der Waals surface area contributed by atoms with Crippen LogP contribution in [-0.2, 0) is 27.0 Å². The predicted molar refractivity (Wildman–Crippen MR) is 68.7 cm³/mol. The molecule has 1 aromatic rings. The molecule has 2 N–H and O–H groups in total. The molecule has 0 amide bonds. The van der Waals surface area contributed by atoms with Gasteiger partial charge in [0.1, 0.15) is 6.04 Å². The van der Waals surface area contributed by atoms with Gasteiger partial charge in [-0.2, -0.15) is 0 Å². The van der Waals surface area contributed by atoms with Crippen molar-refractivity contribution in [3.05, 3.63) is 35.4 Å². The van der Waals surface area contributed by atoms with E-state index in [0.717, 1.165) is 12.0 Å². The third-order valence-corrected chi connectivity index (χ3v) is 3.94. The second-order valence-corrected chi connectivity index (χ2v) is 5.86. The number of carboxylic acids is 1. The monoisotopic (exact) mass is 271 g/mol. The molecular weight excluding hydrogens is 254 g/mol. The number of aliphatic carboxylic acids is 1. The summed E-state index contributed by atoms with van der Waals surface area (Å²) in [4.78, 5) is 10.6. The molecule has 18 heavy (non-hydrogen) atoms. The van der Waals surface area contributed by atoms with Crippen molar-refractivity contribution >= 4 is 16.0 Å². The Morgan fingerprint density at radius 1 is 1.28 bits per heavy atom. The Kier molecular flexibility index (Phi) is 4.86. The molecule has 0 spiro atoms. The van der Waals surface area contributed by atoms with Gasteiger partial charge in [0.05, 0.1) is 5.75 Å². The number of carboxylic acid groups (broad SMARTS) is 1. The zero-order chi connectivity index (χ0) is 13.8. The van der Waals surface area contributed by atoms with Gasteiger partial charge in [0.15, 0.2) is 0 Å². The maximum Gasteiger partial charge on any atom is 0.321 e. The third-order valence-electron chi connectivity index (χ3n) is 2.51. The topological polar surface area (TPSA) is 83.5 Å². The number of rotatable bonds is 6. The summed E-state index contributed by atoms with van der Waals surface area (Å²) in [6, 6.07) is 6.09. The highest BCUT2D eigenvalue weighted by Crippen LogP contribution is 2.08. The van der Waals surface area contributed by atoms with Crippen LogP contribution in [0, 0.1) is 0 Å². The third kappa shape index (κ3) is 4.46. The highest BCUT2D eigenvalue weighted by molar-refractivity contribution is 7.88. The van der Waals surface area contributed by atoms with Crippen LogP contribution < -0.4 is 4.72 Å². The van der Waals surface area contributed by atoms with E-state index in [0.29, 0.717) is 5.56 Å². The second-order valence-electron chi connectivity index (χ2n) is 4.11. The molecule has 1 atom stereocenters. The van der Waals surface area contributed by atoms with Gasteiger partial charge >= 0.3 is 5.97 Å². The van der Waals surface area contributed by atoms with Crippen molar-refractivity contribution in [1.29, 1.82) is 0 Å². The number of aryl methyl sites for hydroxylation is 1. The average Bonchev–Trinajstić information content (AvgIpc) is 2.28. The van der Waals surface area contributed by atoms with Crippen molar-refractivity contribution in [3.8, 4) is 0 Å². The van der Waals surface area contributed by atoms with Gasteiger partial charge in [-0.15, -0.1) is 0 Å². The molecule has 1 unspecified atom stereocenters. The largest absolute Gasteiger partial charge is 0.480 e. The van der Waals surface area contributed by atoms with Crippen molar-refractivity contribution in [2.75, 3.05) is 0 Å². The van der Waals surface area contributed by atoms with E-state index in [-0.39, 0.29) is 5.75 Å². The summed E-state index contributed by atoms with van der Waals surface area (Å²) in [5, 5.41) is 8.65. The highest BCUT2D eigenvalue weighted by atomic mass is 32.2. The van der Waals surface area contributed by atoms with E-state index in [4.69, 9.17) is 5.11 Å². The van der Waals surface area contributed by atoms with Crippen LogP contribution >= 0.6 is 0 Å². The molecule has 6 heteroatoms. The Labute approximate surface area is 107 Å². The van der Waals surface area contributed by atoms with Crippen molar-refractivity contribution in [1.82, 2.24) is 4.72 Å². The summed E-state index contributed by atoms with van der Waals surface area (Å²) < 4.78 is 25.5. The lowest BCUT2D eigenvalue weighted by atomic mass is 10.1.